The van der Waals surface area contributed by atoms with Gasteiger partial charge in [-0.05, 0) is 40.2 Å². The summed E-state index contributed by atoms with van der Waals surface area (Å²) in [5, 5.41) is 17.9. The van der Waals surface area contributed by atoms with Gasteiger partial charge in [-0.15, -0.1) is 0 Å². The molecule has 0 saturated carbocycles. The monoisotopic (exact) mass is 332 g/mol. The zero-order valence-corrected chi connectivity index (χ0v) is 13.7. The number of nitrogens with one attached hydrogen (secondary N) is 1. The van der Waals surface area contributed by atoms with Crippen LogP contribution in [0.3, 0.4) is 0 Å². The van der Waals surface area contributed by atoms with Crippen LogP contribution in [0.5, 0.6) is 0 Å². The second kappa shape index (κ2) is 8.09. The average molecular weight is 333 g/mol. The van der Waals surface area contributed by atoms with Crippen molar-refractivity contribution < 1.29 is 14.5 Å². The number of piperidine rings is 1. The standard InChI is InChI=1S/C8H11ClN4O2.C5H10O2/c9-8-7(13(14)15)5-11-12(8)6-2-1-3-10-4-6;1-5(2,3)7-4-6/h5-6,10H,1-4H2;4H,1-3H3/t6-;/m1./s1. The maximum atomic E-state index is 10.6. The number of carbonyl (C=O) groups excluding carboxylic acids is 1. The first-order valence-corrected chi connectivity index (χ1v) is 7.33. The van der Waals surface area contributed by atoms with Crippen LogP contribution < -0.4 is 5.32 Å². The Morgan fingerprint density at radius 3 is 2.64 bits per heavy atom. The molecule has 1 saturated heterocycles. The van der Waals surface area contributed by atoms with Gasteiger partial charge < -0.3 is 10.1 Å². The molecule has 9 heteroatoms. The quantitative estimate of drug-likeness (QED) is 0.518. The van der Waals surface area contributed by atoms with Gasteiger partial charge in [-0.2, -0.15) is 5.10 Å². The van der Waals surface area contributed by atoms with E-state index in [4.69, 9.17) is 11.6 Å². The van der Waals surface area contributed by atoms with Crippen molar-refractivity contribution in [1.29, 1.82) is 0 Å². The van der Waals surface area contributed by atoms with E-state index in [1.165, 1.54) is 10.9 Å². The van der Waals surface area contributed by atoms with Crippen molar-refractivity contribution in [2.45, 2.75) is 45.3 Å². The molecule has 0 unspecified atom stereocenters. The van der Waals surface area contributed by atoms with Gasteiger partial charge in [0.2, 0.25) is 5.15 Å². The van der Waals surface area contributed by atoms with Crippen LogP contribution in [0.25, 0.3) is 0 Å². The van der Waals surface area contributed by atoms with Crippen LogP contribution in [-0.2, 0) is 9.53 Å². The maximum absolute atomic E-state index is 10.6. The SMILES string of the molecule is CC(C)(C)OC=O.O=[N+]([O-])c1cnn([C@@H]2CCCNC2)c1Cl. The van der Waals surface area contributed by atoms with Gasteiger partial charge in [0.15, 0.2) is 0 Å². The molecule has 0 amide bonds. The van der Waals surface area contributed by atoms with E-state index in [9.17, 15) is 14.9 Å². The second-order valence-corrected chi connectivity index (χ2v) is 6.21. The Hall–Kier alpha value is -1.67. The first-order valence-electron chi connectivity index (χ1n) is 6.96. The Morgan fingerprint density at radius 1 is 1.59 bits per heavy atom. The van der Waals surface area contributed by atoms with Gasteiger partial charge >= 0.3 is 5.69 Å². The lowest BCUT2D eigenvalue weighted by molar-refractivity contribution is -0.384. The predicted octanol–water partition coefficient (Wildman–Crippen LogP) is 2.33. The summed E-state index contributed by atoms with van der Waals surface area (Å²) < 4.78 is 6.08. The van der Waals surface area contributed by atoms with E-state index in [-0.39, 0.29) is 22.5 Å². The Morgan fingerprint density at radius 2 is 2.27 bits per heavy atom. The Kier molecular flexibility index (Phi) is 6.76. The van der Waals surface area contributed by atoms with E-state index >= 15 is 0 Å². The number of hydrogen-bond acceptors (Lipinski definition) is 6. The number of ether oxygens (including phenoxy) is 1. The molecule has 1 aliphatic heterocycles. The number of rotatable bonds is 3. The van der Waals surface area contributed by atoms with Crippen LogP contribution >= 0.6 is 11.6 Å². The van der Waals surface area contributed by atoms with Crippen LogP contribution in [-0.4, -0.2) is 39.9 Å². The molecule has 8 nitrogen and oxygen atoms in total. The van der Waals surface area contributed by atoms with Crippen LogP contribution in [0.1, 0.15) is 39.7 Å². The van der Waals surface area contributed by atoms with Gasteiger partial charge in [0.1, 0.15) is 11.8 Å². The lowest BCUT2D eigenvalue weighted by Crippen LogP contribution is -2.32. The summed E-state index contributed by atoms with van der Waals surface area (Å²) in [5.41, 5.74) is -0.441. The first-order chi connectivity index (χ1) is 10.3. The van der Waals surface area contributed by atoms with Crippen molar-refractivity contribution in [3.8, 4) is 0 Å². The van der Waals surface area contributed by atoms with E-state index in [1.54, 1.807) is 0 Å². The number of hydrogen-bond donors (Lipinski definition) is 1. The van der Waals surface area contributed by atoms with Crippen LogP contribution in [0.4, 0.5) is 5.69 Å². The van der Waals surface area contributed by atoms with Crippen LogP contribution in [0.2, 0.25) is 5.15 Å². The Balaban J connectivity index is 0.000000295. The van der Waals surface area contributed by atoms with Crippen molar-refractivity contribution >= 4 is 23.8 Å². The molecule has 1 aromatic heterocycles. The fraction of sp³-hybridized carbons (Fsp3) is 0.692. The molecule has 1 N–H and O–H groups in total. The summed E-state index contributed by atoms with van der Waals surface area (Å²) in [5.74, 6) is 0. The maximum Gasteiger partial charge on any atom is 0.325 e. The third kappa shape index (κ3) is 5.61. The van der Waals surface area contributed by atoms with Crippen molar-refractivity contribution in [3.05, 3.63) is 21.5 Å². The molecule has 0 radical (unpaired) electrons. The normalized spacial score (nSPS) is 18.1. The molecule has 0 aliphatic carbocycles. The Labute approximate surface area is 133 Å². The lowest BCUT2D eigenvalue weighted by atomic mass is 10.1. The minimum atomic E-state index is -0.512. The summed E-state index contributed by atoms with van der Waals surface area (Å²) in [7, 11) is 0. The summed E-state index contributed by atoms with van der Waals surface area (Å²) in [4.78, 5) is 19.7. The molecule has 1 atom stereocenters. The molecule has 1 aromatic rings. The van der Waals surface area contributed by atoms with Crippen molar-refractivity contribution in [1.82, 2.24) is 15.1 Å². The summed E-state index contributed by atoms with van der Waals surface area (Å²) >= 11 is 5.88. The zero-order chi connectivity index (χ0) is 16.8. The third-order valence-electron chi connectivity index (χ3n) is 2.93. The Bertz CT molecular complexity index is 507. The number of carbonyl (C=O) groups is 1. The summed E-state index contributed by atoms with van der Waals surface area (Å²) in [6, 6.07) is 0.125. The smallest absolute Gasteiger partial charge is 0.325 e. The topological polar surface area (TPSA) is 99.3 Å². The van der Waals surface area contributed by atoms with Gasteiger partial charge in [0.05, 0.1) is 11.0 Å². The second-order valence-electron chi connectivity index (χ2n) is 5.85. The highest BCUT2D eigenvalue weighted by molar-refractivity contribution is 6.31. The van der Waals surface area contributed by atoms with Gasteiger partial charge in [-0.1, -0.05) is 11.6 Å². The molecular formula is C13H21ClN4O4. The van der Waals surface area contributed by atoms with E-state index in [2.05, 4.69) is 15.2 Å². The van der Waals surface area contributed by atoms with Crippen molar-refractivity contribution in [3.63, 3.8) is 0 Å². The van der Waals surface area contributed by atoms with Gasteiger partial charge in [0, 0.05) is 6.54 Å². The summed E-state index contributed by atoms with van der Waals surface area (Å²) in [6.07, 6.45) is 3.19. The zero-order valence-electron chi connectivity index (χ0n) is 12.9. The van der Waals surface area contributed by atoms with Crippen molar-refractivity contribution in [2.24, 2.45) is 0 Å². The van der Waals surface area contributed by atoms with Gasteiger partial charge in [0.25, 0.3) is 6.47 Å². The number of nitrogens with zero attached hydrogens (tertiary/aromatic N) is 3. The molecule has 1 aliphatic rings. The van der Waals surface area contributed by atoms with E-state index in [0.717, 1.165) is 25.9 Å². The fourth-order valence-corrected chi connectivity index (χ4v) is 2.20. The highest BCUT2D eigenvalue weighted by Crippen LogP contribution is 2.28. The molecule has 22 heavy (non-hydrogen) atoms. The number of halogens is 1. The van der Waals surface area contributed by atoms with Crippen LogP contribution in [0, 0.1) is 10.1 Å². The molecule has 2 rings (SSSR count). The summed E-state index contributed by atoms with van der Waals surface area (Å²) in [6.45, 7) is 7.67. The first kappa shape index (κ1) is 18.4. The molecular weight excluding hydrogens is 312 g/mol. The van der Waals surface area contributed by atoms with E-state index in [0.29, 0.717) is 6.47 Å². The molecule has 0 bridgehead atoms. The highest BCUT2D eigenvalue weighted by atomic mass is 35.5. The molecule has 0 aromatic carbocycles. The van der Waals surface area contributed by atoms with Crippen molar-refractivity contribution in [2.75, 3.05) is 13.1 Å². The lowest BCUT2D eigenvalue weighted by Gasteiger charge is -2.23. The molecule has 2 heterocycles. The molecule has 0 spiro atoms. The highest BCUT2D eigenvalue weighted by Gasteiger charge is 2.24. The van der Waals surface area contributed by atoms with Gasteiger partial charge in [-0.25, -0.2) is 4.68 Å². The molecule has 124 valence electrons. The van der Waals surface area contributed by atoms with Crippen LogP contribution in [0.15, 0.2) is 6.20 Å². The number of aromatic nitrogens is 2. The fourth-order valence-electron chi connectivity index (χ4n) is 1.90. The number of nitro groups is 1. The van der Waals surface area contributed by atoms with E-state index < -0.39 is 4.92 Å². The largest absolute Gasteiger partial charge is 0.462 e. The third-order valence-corrected chi connectivity index (χ3v) is 3.30. The minimum Gasteiger partial charge on any atom is -0.462 e. The average Bonchev–Trinajstić information content (AvgIpc) is 2.81. The van der Waals surface area contributed by atoms with Gasteiger partial charge in [-0.3, -0.25) is 14.9 Å². The molecule has 1 fully saturated rings. The minimum absolute atomic E-state index is 0.119. The van der Waals surface area contributed by atoms with E-state index in [1.807, 2.05) is 20.8 Å². The predicted molar refractivity (Wildman–Crippen MR) is 81.9 cm³/mol.